The lowest BCUT2D eigenvalue weighted by Crippen LogP contribution is -2.08. The molecule has 33 heavy (non-hydrogen) atoms. The molecule has 3 aromatic rings. The Bertz CT molecular complexity index is 953. The highest BCUT2D eigenvalue weighted by Crippen LogP contribution is 2.22. The molecule has 174 valence electrons. The summed E-state index contributed by atoms with van der Waals surface area (Å²) < 4.78 is 5.58. The van der Waals surface area contributed by atoms with Crippen LogP contribution in [0.4, 0.5) is 0 Å². The Morgan fingerprint density at radius 1 is 0.576 bits per heavy atom. The second-order valence-corrected chi connectivity index (χ2v) is 8.93. The first-order valence-electron chi connectivity index (χ1n) is 12.7. The SMILES string of the molecule is CCCCCCc1ccc(OC(=O)c2ccc(-c3ccc(CCCCCC)cc3)cc2)cc1. The van der Waals surface area contributed by atoms with Crippen molar-refractivity contribution >= 4 is 5.97 Å². The molecule has 0 aromatic heterocycles. The number of esters is 1. The average molecular weight is 443 g/mol. The van der Waals surface area contributed by atoms with Crippen LogP contribution >= 0.6 is 0 Å². The summed E-state index contributed by atoms with van der Waals surface area (Å²) in [7, 11) is 0. The van der Waals surface area contributed by atoms with Crippen LogP contribution in [0.2, 0.25) is 0 Å². The normalized spacial score (nSPS) is 10.8. The summed E-state index contributed by atoms with van der Waals surface area (Å²) in [5.41, 5.74) is 5.53. The number of carbonyl (C=O) groups excluding carboxylic acids is 1. The van der Waals surface area contributed by atoms with E-state index in [1.54, 1.807) is 0 Å². The Morgan fingerprint density at radius 2 is 1.03 bits per heavy atom. The van der Waals surface area contributed by atoms with Crippen molar-refractivity contribution in [1.82, 2.24) is 0 Å². The fourth-order valence-corrected chi connectivity index (χ4v) is 4.06. The number of aryl methyl sites for hydroxylation is 2. The molecular weight excluding hydrogens is 404 g/mol. The van der Waals surface area contributed by atoms with E-state index in [9.17, 15) is 4.79 Å². The van der Waals surface area contributed by atoms with Gasteiger partial charge >= 0.3 is 5.97 Å². The van der Waals surface area contributed by atoms with Gasteiger partial charge < -0.3 is 4.74 Å². The van der Waals surface area contributed by atoms with E-state index < -0.39 is 0 Å². The van der Waals surface area contributed by atoms with Crippen molar-refractivity contribution in [1.29, 1.82) is 0 Å². The number of carbonyl (C=O) groups is 1. The van der Waals surface area contributed by atoms with E-state index in [-0.39, 0.29) is 5.97 Å². The summed E-state index contributed by atoms with van der Waals surface area (Å²) in [5, 5.41) is 0. The van der Waals surface area contributed by atoms with Crippen LogP contribution in [-0.2, 0) is 12.8 Å². The van der Waals surface area contributed by atoms with Crippen molar-refractivity contribution in [3.63, 3.8) is 0 Å². The molecule has 2 heteroatoms. The number of unbranched alkanes of at least 4 members (excludes halogenated alkanes) is 6. The van der Waals surface area contributed by atoms with Gasteiger partial charge in [-0.25, -0.2) is 4.79 Å². The van der Waals surface area contributed by atoms with Gasteiger partial charge in [-0.05, 0) is 72.2 Å². The van der Waals surface area contributed by atoms with Gasteiger partial charge in [0.05, 0.1) is 5.56 Å². The van der Waals surface area contributed by atoms with Gasteiger partial charge in [-0.2, -0.15) is 0 Å². The van der Waals surface area contributed by atoms with E-state index in [1.807, 2.05) is 36.4 Å². The topological polar surface area (TPSA) is 26.3 Å². The van der Waals surface area contributed by atoms with Gasteiger partial charge in [-0.15, -0.1) is 0 Å². The minimum absolute atomic E-state index is 0.320. The van der Waals surface area contributed by atoms with Crippen LogP contribution in [0, 0.1) is 0 Å². The number of hydrogen-bond donors (Lipinski definition) is 0. The standard InChI is InChI=1S/C31H38O2/c1-3-5-7-9-11-25-13-17-27(18-14-25)28-19-21-29(22-20-28)31(32)33-30-23-15-26(16-24-30)12-10-8-6-4-2/h13-24H,3-12H2,1-2H3. The summed E-state index contributed by atoms with van der Waals surface area (Å²) in [6.07, 6.45) is 12.4. The maximum absolute atomic E-state index is 12.6. The highest BCUT2D eigenvalue weighted by Gasteiger charge is 2.09. The summed E-state index contributed by atoms with van der Waals surface area (Å²) in [6.45, 7) is 4.47. The number of benzene rings is 3. The maximum atomic E-state index is 12.6. The molecule has 0 radical (unpaired) electrons. The molecule has 3 rings (SSSR count). The van der Waals surface area contributed by atoms with Crippen LogP contribution in [0.15, 0.2) is 72.8 Å². The zero-order chi connectivity index (χ0) is 23.3. The van der Waals surface area contributed by atoms with Crippen LogP contribution in [0.3, 0.4) is 0 Å². The van der Waals surface area contributed by atoms with E-state index in [0.29, 0.717) is 11.3 Å². The van der Waals surface area contributed by atoms with Crippen molar-refractivity contribution < 1.29 is 9.53 Å². The molecule has 0 N–H and O–H groups in total. The molecular formula is C31H38O2. The molecule has 3 aromatic carbocycles. The van der Waals surface area contributed by atoms with Crippen LogP contribution in [0.1, 0.15) is 86.7 Å². The molecule has 0 atom stereocenters. The average Bonchev–Trinajstić information content (AvgIpc) is 2.86. The van der Waals surface area contributed by atoms with Gasteiger partial charge in [0.25, 0.3) is 0 Å². The van der Waals surface area contributed by atoms with Crippen molar-refractivity contribution in [2.75, 3.05) is 0 Å². The lowest BCUT2D eigenvalue weighted by molar-refractivity contribution is 0.0734. The third kappa shape index (κ3) is 8.20. The monoisotopic (exact) mass is 442 g/mol. The molecule has 0 fully saturated rings. The first-order chi connectivity index (χ1) is 16.2. The fourth-order valence-electron chi connectivity index (χ4n) is 4.06. The minimum atomic E-state index is -0.320. The summed E-state index contributed by atoms with van der Waals surface area (Å²) in [4.78, 5) is 12.6. The number of hydrogen-bond acceptors (Lipinski definition) is 2. The van der Waals surface area contributed by atoms with Gasteiger partial charge in [-0.3, -0.25) is 0 Å². The predicted octanol–water partition coefficient (Wildman–Crippen LogP) is 8.82. The molecule has 0 aliphatic carbocycles. The Labute approximate surface area is 200 Å². The van der Waals surface area contributed by atoms with Crippen molar-refractivity contribution in [2.45, 2.75) is 78.1 Å². The van der Waals surface area contributed by atoms with Gasteiger partial charge in [-0.1, -0.05) is 101 Å². The summed E-state index contributed by atoms with van der Waals surface area (Å²) in [6, 6.07) is 24.4. The lowest BCUT2D eigenvalue weighted by Gasteiger charge is -2.08. The zero-order valence-corrected chi connectivity index (χ0v) is 20.3. The minimum Gasteiger partial charge on any atom is -0.423 e. The van der Waals surface area contributed by atoms with E-state index in [1.165, 1.54) is 68.1 Å². The predicted molar refractivity (Wildman–Crippen MR) is 139 cm³/mol. The van der Waals surface area contributed by atoms with Crippen LogP contribution in [0.25, 0.3) is 11.1 Å². The molecule has 0 saturated heterocycles. The quantitative estimate of drug-likeness (QED) is 0.150. The number of rotatable bonds is 13. The van der Waals surface area contributed by atoms with Crippen LogP contribution in [0.5, 0.6) is 5.75 Å². The molecule has 0 heterocycles. The fraction of sp³-hybridized carbons (Fsp3) is 0.387. The first kappa shape index (κ1) is 24.8. The second kappa shape index (κ2) is 13.6. The van der Waals surface area contributed by atoms with Gasteiger partial charge in [0.15, 0.2) is 0 Å². The second-order valence-electron chi connectivity index (χ2n) is 8.93. The molecule has 2 nitrogen and oxygen atoms in total. The van der Waals surface area contributed by atoms with E-state index in [2.05, 4.69) is 50.2 Å². The Kier molecular flexibility index (Phi) is 10.2. The van der Waals surface area contributed by atoms with E-state index in [4.69, 9.17) is 4.74 Å². The Morgan fingerprint density at radius 3 is 1.52 bits per heavy atom. The lowest BCUT2D eigenvalue weighted by atomic mass is 10.0. The smallest absolute Gasteiger partial charge is 0.343 e. The summed E-state index contributed by atoms with van der Waals surface area (Å²) in [5.74, 6) is 0.274. The van der Waals surface area contributed by atoms with Gasteiger partial charge in [0.1, 0.15) is 5.75 Å². The molecule has 0 amide bonds. The molecule has 0 spiro atoms. The molecule has 0 aliphatic heterocycles. The third-order valence-electron chi connectivity index (χ3n) is 6.18. The van der Waals surface area contributed by atoms with Gasteiger partial charge in [0.2, 0.25) is 0 Å². The Hall–Kier alpha value is -2.87. The molecule has 0 bridgehead atoms. The van der Waals surface area contributed by atoms with Crippen molar-refractivity contribution in [2.24, 2.45) is 0 Å². The molecule has 0 unspecified atom stereocenters. The van der Waals surface area contributed by atoms with E-state index in [0.717, 1.165) is 18.4 Å². The zero-order valence-electron chi connectivity index (χ0n) is 20.3. The van der Waals surface area contributed by atoms with Crippen LogP contribution < -0.4 is 4.74 Å². The molecule has 0 saturated carbocycles. The largest absolute Gasteiger partial charge is 0.423 e. The first-order valence-corrected chi connectivity index (χ1v) is 12.7. The molecule has 0 aliphatic rings. The Balaban J connectivity index is 1.51. The maximum Gasteiger partial charge on any atom is 0.343 e. The van der Waals surface area contributed by atoms with E-state index >= 15 is 0 Å². The summed E-state index contributed by atoms with van der Waals surface area (Å²) >= 11 is 0. The number of ether oxygens (including phenoxy) is 1. The highest BCUT2D eigenvalue weighted by atomic mass is 16.5. The van der Waals surface area contributed by atoms with Gasteiger partial charge in [0, 0.05) is 0 Å². The van der Waals surface area contributed by atoms with Crippen molar-refractivity contribution in [3.8, 4) is 16.9 Å². The third-order valence-corrected chi connectivity index (χ3v) is 6.18. The van der Waals surface area contributed by atoms with Crippen molar-refractivity contribution in [3.05, 3.63) is 89.5 Å². The van der Waals surface area contributed by atoms with Crippen LogP contribution in [-0.4, -0.2) is 5.97 Å². The highest BCUT2D eigenvalue weighted by molar-refractivity contribution is 5.91.